The van der Waals surface area contributed by atoms with E-state index in [2.05, 4.69) is 6.08 Å². The first-order valence-electron chi connectivity index (χ1n) is 7.61. The van der Waals surface area contributed by atoms with E-state index in [1.165, 1.54) is 45.4 Å². The lowest BCUT2D eigenvalue weighted by Crippen LogP contribution is -2.00. The van der Waals surface area contributed by atoms with Crippen molar-refractivity contribution in [1.82, 2.24) is 0 Å². The first kappa shape index (κ1) is 18.1. The SMILES string of the molecule is CC(=O)OCCCCCCCCCCC=CCCF. The fourth-order valence-electron chi connectivity index (χ4n) is 1.94. The molecular formula is C16H29FO2. The van der Waals surface area contributed by atoms with Crippen molar-refractivity contribution in [2.45, 2.75) is 71.1 Å². The number of rotatable bonds is 13. The van der Waals surface area contributed by atoms with Crippen molar-refractivity contribution in [3.05, 3.63) is 12.2 Å². The van der Waals surface area contributed by atoms with Gasteiger partial charge in [0.1, 0.15) is 0 Å². The third-order valence-corrected chi connectivity index (χ3v) is 3.01. The molecule has 0 N–H and O–H groups in total. The molecule has 0 fully saturated rings. The van der Waals surface area contributed by atoms with E-state index < -0.39 is 0 Å². The van der Waals surface area contributed by atoms with Gasteiger partial charge in [-0.1, -0.05) is 50.7 Å². The van der Waals surface area contributed by atoms with Crippen LogP contribution in [-0.4, -0.2) is 19.3 Å². The molecule has 0 spiro atoms. The van der Waals surface area contributed by atoms with Crippen LogP contribution in [0.1, 0.15) is 71.1 Å². The molecule has 19 heavy (non-hydrogen) atoms. The number of unbranched alkanes of at least 4 members (excludes halogenated alkanes) is 8. The number of carbonyl (C=O) groups excluding carboxylic acids is 1. The van der Waals surface area contributed by atoms with Crippen molar-refractivity contribution in [1.29, 1.82) is 0 Å². The van der Waals surface area contributed by atoms with Crippen molar-refractivity contribution in [3.63, 3.8) is 0 Å². The number of hydrogen-bond acceptors (Lipinski definition) is 2. The minimum atomic E-state index is -0.242. The van der Waals surface area contributed by atoms with Gasteiger partial charge in [-0.15, -0.1) is 0 Å². The Morgan fingerprint density at radius 1 is 0.895 bits per heavy atom. The van der Waals surface area contributed by atoms with E-state index in [9.17, 15) is 9.18 Å². The third kappa shape index (κ3) is 17.1. The Kier molecular flexibility index (Phi) is 14.5. The number of alkyl halides is 1. The smallest absolute Gasteiger partial charge is 0.302 e. The van der Waals surface area contributed by atoms with Gasteiger partial charge in [-0.3, -0.25) is 9.18 Å². The highest BCUT2D eigenvalue weighted by molar-refractivity contribution is 5.65. The quantitative estimate of drug-likeness (QED) is 0.268. The van der Waals surface area contributed by atoms with Crippen LogP contribution in [0.5, 0.6) is 0 Å². The molecule has 112 valence electrons. The predicted octanol–water partition coefficient (Wildman–Crippen LogP) is 4.98. The number of allylic oxidation sites excluding steroid dienone is 2. The van der Waals surface area contributed by atoms with Gasteiger partial charge >= 0.3 is 5.97 Å². The second-order valence-corrected chi connectivity index (χ2v) is 4.91. The molecule has 0 aliphatic heterocycles. The van der Waals surface area contributed by atoms with Crippen LogP contribution in [0, 0.1) is 0 Å². The maximum atomic E-state index is 11.8. The van der Waals surface area contributed by atoms with E-state index in [0.717, 1.165) is 19.3 Å². The lowest BCUT2D eigenvalue weighted by atomic mass is 10.1. The molecule has 0 heterocycles. The second-order valence-electron chi connectivity index (χ2n) is 4.91. The van der Waals surface area contributed by atoms with Gasteiger partial charge in [-0.25, -0.2) is 0 Å². The summed E-state index contributed by atoms with van der Waals surface area (Å²) in [6, 6.07) is 0. The average Bonchev–Trinajstić information content (AvgIpc) is 2.39. The molecule has 0 unspecified atom stereocenters. The molecule has 3 heteroatoms. The van der Waals surface area contributed by atoms with Gasteiger partial charge in [0, 0.05) is 6.92 Å². The third-order valence-electron chi connectivity index (χ3n) is 3.01. The molecular weight excluding hydrogens is 243 g/mol. The summed E-state index contributed by atoms with van der Waals surface area (Å²) in [6.45, 7) is 1.78. The summed E-state index contributed by atoms with van der Waals surface area (Å²) in [6.07, 6.45) is 15.4. The van der Waals surface area contributed by atoms with E-state index in [4.69, 9.17) is 4.74 Å². The zero-order chi connectivity index (χ0) is 14.2. The monoisotopic (exact) mass is 272 g/mol. The first-order chi connectivity index (χ1) is 9.27. The fraction of sp³-hybridized carbons (Fsp3) is 0.812. The van der Waals surface area contributed by atoms with Gasteiger partial charge in [0.15, 0.2) is 0 Å². The Balaban J connectivity index is 3.01. The van der Waals surface area contributed by atoms with Gasteiger partial charge in [0.05, 0.1) is 13.3 Å². The van der Waals surface area contributed by atoms with E-state index in [-0.39, 0.29) is 12.6 Å². The molecule has 0 saturated heterocycles. The summed E-state index contributed by atoms with van der Waals surface area (Å²) >= 11 is 0. The Labute approximate surface area is 117 Å². The molecule has 0 aromatic rings. The van der Waals surface area contributed by atoms with Gasteiger partial charge < -0.3 is 4.74 Å². The molecule has 0 aromatic carbocycles. The van der Waals surface area contributed by atoms with Crippen LogP contribution >= 0.6 is 0 Å². The van der Waals surface area contributed by atoms with E-state index in [1.807, 2.05) is 6.08 Å². The Morgan fingerprint density at radius 2 is 1.42 bits per heavy atom. The summed E-state index contributed by atoms with van der Waals surface area (Å²) in [7, 11) is 0. The first-order valence-corrected chi connectivity index (χ1v) is 7.61. The molecule has 0 radical (unpaired) electrons. The number of hydrogen-bond donors (Lipinski definition) is 0. The van der Waals surface area contributed by atoms with Gasteiger partial charge in [-0.05, 0) is 25.7 Å². The van der Waals surface area contributed by atoms with Crippen LogP contribution in [0.15, 0.2) is 12.2 Å². The van der Waals surface area contributed by atoms with Gasteiger partial charge in [-0.2, -0.15) is 0 Å². The second kappa shape index (κ2) is 15.2. The van der Waals surface area contributed by atoms with Crippen LogP contribution < -0.4 is 0 Å². The minimum Gasteiger partial charge on any atom is -0.466 e. The number of esters is 1. The molecule has 0 amide bonds. The molecule has 0 aliphatic rings. The molecule has 2 nitrogen and oxygen atoms in total. The van der Waals surface area contributed by atoms with Crippen molar-refractivity contribution in [2.75, 3.05) is 13.3 Å². The van der Waals surface area contributed by atoms with E-state index >= 15 is 0 Å². The van der Waals surface area contributed by atoms with E-state index in [1.54, 1.807) is 0 Å². The Hall–Kier alpha value is -0.860. The lowest BCUT2D eigenvalue weighted by Gasteiger charge is -2.02. The lowest BCUT2D eigenvalue weighted by molar-refractivity contribution is -0.141. The highest BCUT2D eigenvalue weighted by atomic mass is 19.1. The summed E-state index contributed by atoms with van der Waals surface area (Å²) in [4.78, 5) is 10.5. The van der Waals surface area contributed by atoms with Crippen molar-refractivity contribution in [3.8, 4) is 0 Å². The van der Waals surface area contributed by atoms with Crippen molar-refractivity contribution in [2.24, 2.45) is 0 Å². The average molecular weight is 272 g/mol. The number of halogens is 1. The number of carbonyl (C=O) groups is 1. The molecule has 0 atom stereocenters. The Morgan fingerprint density at radius 3 is 2.00 bits per heavy atom. The predicted molar refractivity (Wildman–Crippen MR) is 77.9 cm³/mol. The maximum Gasteiger partial charge on any atom is 0.302 e. The van der Waals surface area contributed by atoms with Crippen LogP contribution in [0.25, 0.3) is 0 Å². The van der Waals surface area contributed by atoms with Crippen molar-refractivity contribution < 1.29 is 13.9 Å². The molecule has 0 saturated carbocycles. The fourth-order valence-corrected chi connectivity index (χ4v) is 1.94. The van der Waals surface area contributed by atoms with Crippen LogP contribution in [0.4, 0.5) is 4.39 Å². The maximum absolute atomic E-state index is 11.8. The van der Waals surface area contributed by atoms with Crippen LogP contribution in [0.2, 0.25) is 0 Å². The molecule has 0 bridgehead atoms. The Bertz CT molecular complexity index is 227. The van der Waals surface area contributed by atoms with Gasteiger partial charge in [0.25, 0.3) is 0 Å². The minimum absolute atomic E-state index is 0.180. The standard InChI is InChI=1S/C16H29FO2/c1-16(18)19-15-13-11-9-7-5-3-2-4-6-8-10-12-14-17/h8,10H,2-7,9,11-15H2,1H3. The molecule has 0 rings (SSSR count). The molecule has 0 aliphatic carbocycles. The van der Waals surface area contributed by atoms with Gasteiger partial charge in [0.2, 0.25) is 0 Å². The largest absolute Gasteiger partial charge is 0.466 e. The zero-order valence-corrected chi connectivity index (χ0v) is 12.3. The zero-order valence-electron chi connectivity index (χ0n) is 12.3. The normalized spacial score (nSPS) is 11.1. The summed E-state index contributed by atoms with van der Waals surface area (Å²) in [5.41, 5.74) is 0. The summed E-state index contributed by atoms with van der Waals surface area (Å²) in [5, 5.41) is 0. The number of ether oxygens (including phenoxy) is 1. The van der Waals surface area contributed by atoms with Crippen LogP contribution in [0.3, 0.4) is 0 Å². The highest BCUT2D eigenvalue weighted by Gasteiger charge is 1.94. The summed E-state index contributed by atoms with van der Waals surface area (Å²) < 4.78 is 16.7. The topological polar surface area (TPSA) is 26.3 Å². The summed E-state index contributed by atoms with van der Waals surface area (Å²) in [5.74, 6) is -0.180. The van der Waals surface area contributed by atoms with E-state index in [0.29, 0.717) is 13.0 Å². The van der Waals surface area contributed by atoms with Crippen molar-refractivity contribution >= 4 is 5.97 Å². The highest BCUT2D eigenvalue weighted by Crippen LogP contribution is 2.10. The molecule has 0 aromatic heterocycles. The van der Waals surface area contributed by atoms with Crippen LogP contribution in [-0.2, 0) is 9.53 Å².